The topological polar surface area (TPSA) is 145 Å². The molecule has 0 fully saturated rings. The Morgan fingerprint density at radius 2 is 1.59 bits per heavy atom. The molecule has 5 N–H and O–H groups in total. The van der Waals surface area contributed by atoms with E-state index in [0.717, 1.165) is 0 Å². The van der Waals surface area contributed by atoms with E-state index in [4.69, 9.17) is 10.2 Å². The Labute approximate surface area is 149 Å². The molecule has 0 aliphatic carbocycles. The number of hydrogen-bond acceptors (Lipinski definition) is 8. The average molecular weight is 324 g/mol. The first-order chi connectivity index (χ1) is 9.88. The molecule has 8 nitrogen and oxygen atoms in total. The van der Waals surface area contributed by atoms with Crippen molar-refractivity contribution in [3.05, 3.63) is 35.9 Å². The summed E-state index contributed by atoms with van der Waals surface area (Å²) in [7, 11) is 0. The number of rotatable bonds is 6. The van der Waals surface area contributed by atoms with Gasteiger partial charge in [0.15, 0.2) is 6.10 Å². The maximum atomic E-state index is 11.6. The van der Waals surface area contributed by atoms with Crippen LogP contribution in [-0.2, 0) is 9.53 Å². The fourth-order valence-corrected chi connectivity index (χ4v) is 1.45. The van der Waals surface area contributed by atoms with Crippen LogP contribution in [0.2, 0.25) is 0 Å². The van der Waals surface area contributed by atoms with Crippen LogP contribution < -0.4 is 29.6 Å². The fourth-order valence-electron chi connectivity index (χ4n) is 1.45. The molecular formula is C13H17NaO8. The van der Waals surface area contributed by atoms with Gasteiger partial charge in [-0.25, -0.2) is 9.59 Å². The molecule has 0 aromatic heterocycles. The van der Waals surface area contributed by atoms with Gasteiger partial charge in [-0.2, -0.15) is 0 Å². The molecule has 22 heavy (non-hydrogen) atoms. The largest absolute Gasteiger partial charge is 1.00 e. The monoisotopic (exact) mass is 324 g/mol. The fraction of sp³-hybridized carbons (Fsp3) is 0.385. The first kappa shape index (κ1) is 21.2. The predicted molar refractivity (Wildman–Crippen MR) is 69.1 cm³/mol. The van der Waals surface area contributed by atoms with Gasteiger partial charge >= 0.3 is 41.5 Å². The number of esters is 2. The first-order valence-electron chi connectivity index (χ1n) is 6.02. The van der Waals surface area contributed by atoms with Crippen molar-refractivity contribution in [1.29, 1.82) is 0 Å². The number of benzene rings is 1. The summed E-state index contributed by atoms with van der Waals surface area (Å²) < 4.78 is 4.34. The van der Waals surface area contributed by atoms with Crippen LogP contribution in [0.4, 0.5) is 0 Å². The van der Waals surface area contributed by atoms with Gasteiger partial charge in [-0.15, -0.1) is 0 Å². The normalized spacial score (nSPS) is 15.9. The molecule has 0 saturated carbocycles. The van der Waals surface area contributed by atoms with Crippen molar-refractivity contribution in [3.8, 4) is 0 Å². The summed E-state index contributed by atoms with van der Waals surface area (Å²) in [5, 5.41) is 46.0. The Balaban J connectivity index is 0. The van der Waals surface area contributed by atoms with E-state index in [1.165, 1.54) is 24.3 Å². The van der Waals surface area contributed by atoms with E-state index in [-0.39, 0.29) is 36.5 Å². The minimum absolute atomic E-state index is 0. The Hall–Kier alpha value is -0.840. The van der Waals surface area contributed by atoms with E-state index >= 15 is 0 Å². The Morgan fingerprint density at radius 1 is 1.05 bits per heavy atom. The quantitative estimate of drug-likeness (QED) is 0.199. The molecule has 0 bridgehead atoms. The molecule has 9 heteroatoms. The van der Waals surface area contributed by atoms with Crippen LogP contribution in [0.3, 0.4) is 0 Å². The summed E-state index contributed by atoms with van der Waals surface area (Å²) in [6, 6.07) is 7.47. The van der Waals surface area contributed by atoms with Gasteiger partial charge in [0.2, 0.25) is 0 Å². The summed E-state index contributed by atoms with van der Waals surface area (Å²) in [4.78, 5) is 23.0. The van der Waals surface area contributed by atoms with Gasteiger partial charge in [0.05, 0.1) is 12.2 Å². The molecule has 0 heterocycles. The number of aliphatic hydroxyl groups is 5. The number of aliphatic hydroxyl groups excluding tert-OH is 5. The van der Waals surface area contributed by atoms with Crippen LogP contribution in [-0.4, -0.2) is 68.5 Å². The van der Waals surface area contributed by atoms with Crippen molar-refractivity contribution in [1.82, 2.24) is 0 Å². The molecule has 118 valence electrons. The molecule has 4 atom stereocenters. The van der Waals surface area contributed by atoms with Gasteiger partial charge in [0, 0.05) is 0 Å². The van der Waals surface area contributed by atoms with Gasteiger partial charge in [-0.1, -0.05) is 18.2 Å². The Bertz CT molecular complexity index is 486. The number of ether oxygens (including phenoxy) is 1. The van der Waals surface area contributed by atoms with E-state index in [0.29, 0.717) is 0 Å². The molecule has 1 aromatic rings. The molecule has 0 unspecified atom stereocenters. The third-order valence-corrected chi connectivity index (χ3v) is 2.70. The van der Waals surface area contributed by atoms with Gasteiger partial charge in [0.25, 0.3) is 0 Å². The van der Waals surface area contributed by atoms with Crippen LogP contribution in [0.25, 0.3) is 0 Å². The second-order valence-electron chi connectivity index (χ2n) is 4.25. The van der Waals surface area contributed by atoms with E-state index in [2.05, 4.69) is 4.74 Å². The zero-order chi connectivity index (χ0) is 16.0. The average Bonchev–Trinajstić information content (AvgIpc) is 2.52. The molecular weight excluding hydrogens is 307 g/mol. The molecule has 0 saturated heterocycles. The smallest absolute Gasteiger partial charge is 1.00 e. The van der Waals surface area contributed by atoms with Crippen molar-refractivity contribution in [3.63, 3.8) is 0 Å². The summed E-state index contributed by atoms with van der Waals surface area (Å²) in [6.07, 6.45) is -8.12. The Morgan fingerprint density at radius 3 is 2.09 bits per heavy atom. The first-order valence-corrected chi connectivity index (χ1v) is 6.02. The molecule has 0 aliphatic rings. The van der Waals surface area contributed by atoms with E-state index < -0.39 is 43.0 Å². The molecule has 0 spiro atoms. The summed E-state index contributed by atoms with van der Waals surface area (Å²) >= 11 is 0. The second-order valence-corrected chi connectivity index (χ2v) is 4.25. The summed E-state index contributed by atoms with van der Waals surface area (Å²) in [6.45, 7) is -0.886. The minimum Gasteiger partial charge on any atom is -1.00 e. The number of hydrogen-bond donors (Lipinski definition) is 5. The standard InChI is InChI=1S/C13H16O8.Na.H/c14-6-8(15)9(16)10(17)11(18)13(20)21-12(19)7-4-2-1-3-5-7;;/h1-5,8-11,14-18H,6H2;;/q;+1;-1/t8-,9-,10+,11-;;/m1../s1. The van der Waals surface area contributed by atoms with Crippen LogP contribution in [0.1, 0.15) is 11.8 Å². The number of carbonyl (C=O) groups is 2. The molecule has 1 rings (SSSR count). The van der Waals surface area contributed by atoms with Gasteiger partial charge in [-0.3, -0.25) is 0 Å². The van der Waals surface area contributed by atoms with Crippen LogP contribution in [0, 0.1) is 0 Å². The summed E-state index contributed by atoms with van der Waals surface area (Å²) in [5.74, 6) is -2.52. The molecule has 0 radical (unpaired) electrons. The van der Waals surface area contributed by atoms with Gasteiger partial charge in [0.1, 0.15) is 18.3 Å². The number of carbonyl (C=O) groups excluding carboxylic acids is 2. The summed E-state index contributed by atoms with van der Waals surface area (Å²) in [5.41, 5.74) is 0.0588. The predicted octanol–water partition coefficient (Wildman–Crippen LogP) is -5.08. The van der Waals surface area contributed by atoms with Crippen molar-refractivity contribution < 1.29 is 70.8 Å². The van der Waals surface area contributed by atoms with Crippen molar-refractivity contribution in [2.24, 2.45) is 0 Å². The SMILES string of the molecule is O=C(OC(=O)[C@H](O)[C@@H](O)[C@H](O)[C@H](O)CO)c1ccccc1.[H-].[Na+]. The van der Waals surface area contributed by atoms with Gasteiger partial charge in [-0.05, 0) is 12.1 Å². The van der Waals surface area contributed by atoms with E-state index in [1.54, 1.807) is 6.07 Å². The second kappa shape index (κ2) is 10.0. The maximum absolute atomic E-state index is 11.6. The molecule has 1 aromatic carbocycles. The maximum Gasteiger partial charge on any atom is 1.00 e. The van der Waals surface area contributed by atoms with Crippen LogP contribution in [0.5, 0.6) is 0 Å². The zero-order valence-electron chi connectivity index (χ0n) is 12.9. The molecule has 0 amide bonds. The van der Waals surface area contributed by atoms with Crippen LogP contribution >= 0.6 is 0 Å². The van der Waals surface area contributed by atoms with Crippen molar-refractivity contribution >= 4 is 11.9 Å². The molecule has 0 aliphatic heterocycles. The van der Waals surface area contributed by atoms with Crippen molar-refractivity contribution in [2.75, 3.05) is 6.61 Å². The third-order valence-electron chi connectivity index (χ3n) is 2.70. The van der Waals surface area contributed by atoms with Crippen molar-refractivity contribution in [2.45, 2.75) is 24.4 Å². The van der Waals surface area contributed by atoms with E-state index in [9.17, 15) is 24.9 Å². The van der Waals surface area contributed by atoms with Crippen LogP contribution in [0.15, 0.2) is 30.3 Å². The third kappa shape index (κ3) is 5.75. The zero-order valence-corrected chi connectivity index (χ0v) is 13.9. The van der Waals surface area contributed by atoms with E-state index in [1.807, 2.05) is 0 Å². The Kier molecular flexibility index (Phi) is 9.65. The minimum atomic E-state index is -2.26. The van der Waals surface area contributed by atoms with Gasteiger partial charge < -0.3 is 31.7 Å².